The van der Waals surface area contributed by atoms with E-state index in [1.54, 1.807) is 22.5 Å². The molecule has 2 aliphatic rings. The van der Waals surface area contributed by atoms with E-state index >= 15 is 0 Å². The minimum atomic E-state index is -3.58. The van der Waals surface area contributed by atoms with Gasteiger partial charge in [-0.2, -0.15) is 4.31 Å². The molecule has 2 aromatic rings. The van der Waals surface area contributed by atoms with Gasteiger partial charge >= 0.3 is 0 Å². The molecule has 0 atom stereocenters. The highest BCUT2D eigenvalue weighted by atomic mass is 32.2. The molecule has 2 aliphatic heterocycles. The van der Waals surface area contributed by atoms with Gasteiger partial charge in [-0.1, -0.05) is 31.2 Å². The van der Waals surface area contributed by atoms with Crippen LogP contribution < -0.4 is 4.74 Å². The minimum Gasteiger partial charge on any atom is -0.492 e. The molecule has 4 rings (SSSR count). The summed E-state index contributed by atoms with van der Waals surface area (Å²) in [5.74, 6) is 0.220. The lowest BCUT2D eigenvalue weighted by molar-refractivity contribution is 0.0333. The summed E-state index contributed by atoms with van der Waals surface area (Å²) < 4.78 is 47.1. The quantitative estimate of drug-likeness (QED) is 0.766. The Morgan fingerprint density at radius 2 is 1.76 bits per heavy atom. The molecular formula is C22H27FN2O3S. The molecule has 2 heterocycles. The number of para-hydroxylation sites is 1. The first-order chi connectivity index (χ1) is 13.9. The van der Waals surface area contributed by atoms with Gasteiger partial charge in [-0.3, -0.25) is 4.90 Å². The first kappa shape index (κ1) is 20.3. The van der Waals surface area contributed by atoms with Crippen molar-refractivity contribution < 1.29 is 17.5 Å². The molecule has 0 bridgehead atoms. The number of fused-ring (bicyclic) bond motifs is 1. The van der Waals surface area contributed by atoms with Gasteiger partial charge in [0, 0.05) is 25.0 Å². The van der Waals surface area contributed by atoms with Crippen LogP contribution >= 0.6 is 0 Å². The van der Waals surface area contributed by atoms with E-state index in [1.807, 2.05) is 25.1 Å². The van der Waals surface area contributed by atoms with Crippen molar-refractivity contribution in [3.63, 3.8) is 0 Å². The predicted octanol–water partition coefficient (Wildman–Crippen LogP) is 3.51. The average molecular weight is 419 g/mol. The number of hydrogen-bond donors (Lipinski definition) is 0. The third kappa shape index (κ3) is 4.17. The molecule has 0 amide bonds. The zero-order valence-electron chi connectivity index (χ0n) is 16.7. The van der Waals surface area contributed by atoms with Gasteiger partial charge < -0.3 is 4.74 Å². The summed E-state index contributed by atoms with van der Waals surface area (Å²) in [4.78, 5) is 2.60. The zero-order valence-corrected chi connectivity index (χ0v) is 17.5. The summed E-state index contributed by atoms with van der Waals surface area (Å²) in [6, 6.07) is 13.5. The predicted molar refractivity (Wildman–Crippen MR) is 110 cm³/mol. The molecule has 0 saturated carbocycles. The van der Waals surface area contributed by atoms with Gasteiger partial charge in [0.1, 0.15) is 16.5 Å². The number of nitrogens with zero attached hydrogens (tertiary/aromatic N) is 2. The molecule has 0 N–H and O–H groups in total. The molecule has 0 radical (unpaired) electrons. The number of sulfonamides is 1. The number of ether oxygens (including phenoxy) is 1. The number of rotatable bonds is 3. The first-order valence-electron chi connectivity index (χ1n) is 10.1. The topological polar surface area (TPSA) is 49.9 Å². The summed E-state index contributed by atoms with van der Waals surface area (Å²) >= 11 is 0. The van der Waals surface area contributed by atoms with Crippen LogP contribution in [0.1, 0.15) is 25.3 Å². The van der Waals surface area contributed by atoms with Crippen molar-refractivity contribution in [2.75, 3.05) is 32.8 Å². The lowest BCUT2D eigenvalue weighted by atomic mass is 9.78. The Balaban J connectivity index is 1.51. The fourth-order valence-electron chi connectivity index (χ4n) is 4.27. The Labute approximate surface area is 172 Å². The Morgan fingerprint density at radius 1 is 1.07 bits per heavy atom. The third-order valence-corrected chi connectivity index (χ3v) is 8.06. The highest BCUT2D eigenvalue weighted by molar-refractivity contribution is 7.89. The highest BCUT2D eigenvalue weighted by Crippen LogP contribution is 2.39. The molecule has 1 saturated heterocycles. The van der Waals surface area contributed by atoms with Gasteiger partial charge in [0.05, 0.1) is 6.61 Å². The van der Waals surface area contributed by atoms with Crippen LogP contribution in [0, 0.1) is 11.2 Å². The second-order valence-electron chi connectivity index (χ2n) is 8.07. The monoisotopic (exact) mass is 418 g/mol. The van der Waals surface area contributed by atoms with Crippen LogP contribution in [0.25, 0.3) is 0 Å². The van der Waals surface area contributed by atoms with Crippen LogP contribution in [0.3, 0.4) is 0 Å². The summed E-state index contributed by atoms with van der Waals surface area (Å²) in [7, 11) is -3.58. The zero-order chi connectivity index (χ0) is 20.5. The smallest absolute Gasteiger partial charge is 0.246 e. The maximum Gasteiger partial charge on any atom is 0.246 e. The van der Waals surface area contributed by atoms with Crippen molar-refractivity contribution in [3.8, 4) is 5.75 Å². The van der Waals surface area contributed by atoms with Crippen LogP contribution in [-0.2, 0) is 16.6 Å². The summed E-state index contributed by atoms with van der Waals surface area (Å²) in [5, 5.41) is 0. The van der Waals surface area contributed by atoms with Gasteiger partial charge in [0.25, 0.3) is 0 Å². The fraction of sp³-hybridized carbons (Fsp3) is 0.455. The number of halogens is 1. The molecule has 0 unspecified atom stereocenters. The Bertz CT molecular complexity index is 954. The van der Waals surface area contributed by atoms with Crippen LogP contribution in [0.15, 0.2) is 53.4 Å². The SMILES string of the molecule is CCN1CC2(CCN(Cc3ccc(F)cc3)CC2)COc2ccccc2S1(=O)=O. The minimum absolute atomic E-state index is 0.199. The summed E-state index contributed by atoms with van der Waals surface area (Å²) in [6.07, 6.45) is 1.73. The van der Waals surface area contributed by atoms with Gasteiger partial charge in [0.2, 0.25) is 10.0 Å². The third-order valence-electron chi connectivity index (χ3n) is 6.10. The highest BCUT2D eigenvalue weighted by Gasteiger charge is 2.42. The molecule has 0 aromatic heterocycles. The van der Waals surface area contributed by atoms with E-state index in [0.717, 1.165) is 38.0 Å². The van der Waals surface area contributed by atoms with Crippen molar-refractivity contribution in [3.05, 3.63) is 59.9 Å². The maximum absolute atomic E-state index is 13.2. The molecule has 1 fully saturated rings. The molecule has 5 nitrogen and oxygen atoms in total. The second kappa shape index (κ2) is 8.05. The van der Waals surface area contributed by atoms with Crippen LogP contribution in [0.4, 0.5) is 4.39 Å². The molecular weight excluding hydrogens is 391 g/mol. The van der Waals surface area contributed by atoms with Crippen LogP contribution in [-0.4, -0.2) is 50.4 Å². The van der Waals surface area contributed by atoms with E-state index in [9.17, 15) is 12.8 Å². The average Bonchev–Trinajstić information content (AvgIpc) is 2.73. The fourth-order valence-corrected chi connectivity index (χ4v) is 5.97. The lowest BCUT2D eigenvalue weighted by Gasteiger charge is -2.44. The van der Waals surface area contributed by atoms with E-state index in [0.29, 0.717) is 25.4 Å². The second-order valence-corrected chi connectivity index (χ2v) is 9.98. The van der Waals surface area contributed by atoms with Gasteiger partial charge in [-0.25, -0.2) is 12.8 Å². The summed E-state index contributed by atoms with van der Waals surface area (Å²) in [6.45, 7) is 5.82. The lowest BCUT2D eigenvalue weighted by Crippen LogP contribution is -2.51. The normalized spacial score (nSPS) is 21.7. The van der Waals surface area contributed by atoms with E-state index in [-0.39, 0.29) is 16.1 Å². The molecule has 0 aliphatic carbocycles. The molecule has 1 spiro atoms. The molecule has 156 valence electrons. The van der Waals surface area contributed by atoms with Gasteiger partial charge in [0.15, 0.2) is 0 Å². The number of piperidine rings is 1. The van der Waals surface area contributed by atoms with Crippen molar-refractivity contribution in [2.45, 2.75) is 31.2 Å². The van der Waals surface area contributed by atoms with Crippen LogP contribution in [0.5, 0.6) is 5.75 Å². The molecule has 29 heavy (non-hydrogen) atoms. The van der Waals surface area contributed by atoms with Gasteiger partial charge in [-0.15, -0.1) is 0 Å². The largest absolute Gasteiger partial charge is 0.492 e. The Kier molecular flexibility index (Phi) is 5.64. The number of likely N-dealkylation sites (tertiary alicyclic amines) is 1. The molecule has 2 aromatic carbocycles. The molecule has 7 heteroatoms. The Hall–Kier alpha value is -1.96. The van der Waals surface area contributed by atoms with Crippen LogP contribution in [0.2, 0.25) is 0 Å². The summed E-state index contributed by atoms with van der Waals surface area (Å²) in [5.41, 5.74) is 0.888. The van der Waals surface area contributed by atoms with Crippen molar-refractivity contribution in [2.24, 2.45) is 5.41 Å². The van der Waals surface area contributed by atoms with E-state index in [2.05, 4.69) is 4.90 Å². The van der Waals surface area contributed by atoms with E-state index in [1.165, 1.54) is 12.1 Å². The standard InChI is InChI=1S/C22H27FN2O3S/c1-2-25-16-22(17-28-20-5-3-4-6-21(20)29(25,26)27)11-13-24(14-12-22)15-18-7-9-19(23)10-8-18/h3-10H,2,11-17H2,1H3. The van der Waals surface area contributed by atoms with E-state index in [4.69, 9.17) is 4.74 Å². The van der Waals surface area contributed by atoms with Gasteiger partial charge in [-0.05, 0) is 55.8 Å². The van der Waals surface area contributed by atoms with Crippen molar-refractivity contribution >= 4 is 10.0 Å². The van der Waals surface area contributed by atoms with Crippen molar-refractivity contribution in [1.29, 1.82) is 0 Å². The number of hydrogen-bond acceptors (Lipinski definition) is 4. The Morgan fingerprint density at radius 3 is 2.45 bits per heavy atom. The number of benzene rings is 2. The maximum atomic E-state index is 13.2. The van der Waals surface area contributed by atoms with Crippen molar-refractivity contribution in [1.82, 2.24) is 9.21 Å². The van der Waals surface area contributed by atoms with E-state index < -0.39 is 10.0 Å². The first-order valence-corrected chi connectivity index (χ1v) is 11.5.